The second-order valence-corrected chi connectivity index (χ2v) is 0. The topological polar surface area (TPSA) is 63.0 Å². The van der Waals surface area contributed by atoms with Gasteiger partial charge in [-0.3, -0.25) is 0 Å². The normalized spacial score (nSPS) is 0. The van der Waals surface area contributed by atoms with Gasteiger partial charge >= 0.3 is 59.1 Å². The zero-order valence-electron chi connectivity index (χ0n) is 3.50. The average Bonchev–Trinajstić information content (AvgIpc) is 0. The van der Waals surface area contributed by atoms with Gasteiger partial charge in [-0.15, -0.1) is 0 Å². The zero-order valence-corrected chi connectivity index (χ0v) is 11.4. The van der Waals surface area contributed by atoms with Crippen LogP contribution >= 0.6 is 0 Å². The molecule has 0 rings (SSSR count). The Morgan fingerprint density at radius 3 is 0.600 bits per heavy atom. The summed E-state index contributed by atoms with van der Waals surface area (Å²) in [7, 11) is 0. The molecule has 0 spiro atoms. The Bertz CT molecular complexity index is 7.61. The number of hydrogen-bond acceptors (Lipinski definition) is 0. The van der Waals surface area contributed by atoms with E-state index < -0.39 is 0 Å². The van der Waals surface area contributed by atoms with Crippen molar-refractivity contribution < 1.29 is 70.1 Å². The molecule has 4 N–H and O–H groups in total. The van der Waals surface area contributed by atoms with Gasteiger partial charge in [0.05, 0.1) is 0 Å². The van der Waals surface area contributed by atoms with Crippen LogP contribution < -0.4 is 59.1 Å². The molecule has 0 aliphatic carbocycles. The summed E-state index contributed by atoms with van der Waals surface area (Å²) < 4.78 is 0. The zero-order chi connectivity index (χ0) is 0. The van der Waals surface area contributed by atoms with Gasteiger partial charge in [0.15, 0.2) is 0 Å². The molecule has 0 aliphatic heterocycles. The van der Waals surface area contributed by atoms with Crippen LogP contribution in [0.15, 0.2) is 0 Å². The van der Waals surface area contributed by atoms with Gasteiger partial charge in [-0.2, -0.15) is 0 Å². The molecule has 5 heteroatoms. The van der Waals surface area contributed by atoms with Crippen molar-refractivity contribution in [2.45, 2.75) is 0 Å². The van der Waals surface area contributed by atoms with Crippen LogP contribution in [0.4, 0.5) is 0 Å². The minimum absolute atomic E-state index is 0. The Balaban J connectivity index is 0. The number of rotatable bonds is 0. The van der Waals surface area contributed by atoms with E-state index in [4.69, 9.17) is 0 Å². The van der Waals surface area contributed by atoms with E-state index in [1.54, 1.807) is 0 Å². The minimum Gasteiger partial charge on any atom is -0.412 e. The van der Waals surface area contributed by atoms with Crippen LogP contribution in [0.2, 0.25) is 0 Å². The largest absolute Gasteiger partial charge is 1.00 e. The standard InChI is InChI=1S/2Na.2H2O.Pb/h;;2*1H2;/q2*+1;;;. The first-order chi connectivity index (χ1) is 0. The molecule has 20 valence electrons. The van der Waals surface area contributed by atoms with Crippen LogP contribution in [-0.2, 0) is 0 Å². The molecule has 0 aromatic rings. The maximum atomic E-state index is 0. The summed E-state index contributed by atoms with van der Waals surface area (Å²) in [5.41, 5.74) is 0. The quantitative estimate of drug-likeness (QED) is 0.398. The summed E-state index contributed by atoms with van der Waals surface area (Å²) in [6.45, 7) is 0. The van der Waals surface area contributed by atoms with Gasteiger partial charge in [0, 0.05) is 27.3 Å². The number of hydrogen-bond donors (Lipinski definition) is 0. The van der Waals surface area contributed by atoms with Crippen molar-refractivity contribution in [3.8, 4) is 0 Å². The Morgan fingerprint density at radius 1 is 0.600 bits per heavy atom. The van der Waals surface area contributed by atoms with E-state index in [1.165, 1.54) is 0 Å². The second kappa shape index (κ2) is 28.9. The molecule has 0 aliphatic rings. The molecule has 0 aromatic carbocycles. The van der Waals surface area contributed by atoms with Gasteiger partial charge in [-0.05, 0) is 0 Å². The van der Waals surface area contributed by atoms with E-state index in [-0.39, 0.29) is 97.4 Å². The van der Waals surface area contributed by atoms with Crippen LogP contribution in [0.1, 0.15) is 0 Å². The maximum Gasteiger partial charge on any atom is 1.00 e. The first-order valence-corrected chi connectivity index (χ1v) is 0. The summed E-state index contributed by atoms with van der Waals surface area (Å²) in [6, 6.07) is 0. The van der Waals surface area contributed by atoms with Gasteiger partial charge in [-0.1, -0.05) is 0 Å². The molecule has 0 aromatic heterocycles. The third-order valence-electron chi connectivity index (χ3n) is 0. The summed E-state index contributed by atoms with van der Waals surface area (Å²) in [6.07, 6.45) is 0. The van der Waals surface area contributed by atoms with Crippen molar-refractivity contribution in [3.05, 3.63) is 0 Å². The minimum atomic E-state index is 0. The van der Waals surface area contributed by atoms with Gasteiger partial charge in [0.1, 0.15) is 0 Å². The second-order valence-electron chi connectivity index (χ2n) is 0. The molecular weight excluding hydrogens is 285 g/mol. The van der Waals surface area contributed by atoms with Crippen molar-refractivity contribution in [1.82, 2.24) is 0 Å². The first kappa shape index (κ1) is 45.5. The van der Waals surface area contributed by atoms with Crippen molar-refractivity contribution in [3.63, 3.8) is 0 Å². The molecule has 0 amide bonds. The summed E-state index contributed by atoms with van der Waals surface area (Å²) in [5, 5.41) is 0. The molecule has 0 unspecified atom stereocenters. The predicted molar refractivity (Wildman–Crippen MR) is 13.0 cm³/mol. The molecule has 5 heavy (non-hydrogen) atoms. The van der Waals surface area contributed by atoms with Gasteiger partial charge in [0.25, 0.3) is 0 Å². The molecule has 2 nitrogen and oxygen atoms in total. The van der Waals surface area contributed by atoms with Gasteiger partial charge < -0.3 is 11.0 Å². The van der Waals surface area contributed by atoms with E-state index in [0.29, 0.717) is 0 Å². The van der Waals surface area contributed by atoms with Crippen LogP contribution in [0, 0.1) is 0 Å². The Kier molecular flexibility index (Phi) is 263. The molecule has 0 atom stereocenters. The van der Waals surface area contributed by atoms with Crippen LogP contribution in [0.5, 0.6) is 0 Å². The monoisotopic (exact) mass is 290 g/mol. The van der Waals surface area contributed by atoms with E-state index >= 15 is 0 Å². The molecule has 0 saturated carbocycles. The molecule has 0 bridgehead atoms. The van der Waals surface area contributed by atoms with Gasteiger partial charge in [-0.25, -0.2) is 0 Å². The Morgan fingerprint density at radius 2 is 0.600 bits per heavy atom. The molecule has 0 heterocycles. The van der Waals surface area contributed by atoms with Crippen molar-refractivity contribution in [2.75, 3.05) is 0 Å². The van der Waals surface area contributed by atoms with Crippen LogP contribution in [0.3, 0.4) is 0 Å². The summed E-state index contributed by atoms with van der Waals surface area (Å²) >= 11 is 0. The summed E-state index contributed by atoms with van der Waals surface area (Å²) in [4.78, 5) is 0. The predicted octanol–water partition coefficient (Wildman–Crippen LogP) is -8.02. The fourth-order valence-corrected chi connectivity index (χ4v) is 0. The van der Waals surface area contributed by atoms with Crippen molar-refractivity contribution in [1.29, 1.82) is 0 Å². The van der Waals surface area contributed by atoms with Crippen molar-refractivity contribution >= 4 is 27.3 Å². The molecular formula is H4Na2O2Pb+2. The molecule has 4 radical (unpaired) electrons. The Labute approximate surface area is 95.4 Å². The summed E-state index contributed by atoms with van der Waals surface area (Å²) in [5.74, 6) is 0. The SMILES string of the molecule is O.O.[Na+].[Na+].[Pb]. The van der Waals surface area contributed by atoms with Gasteiger partial charge in [0.2, 0.25) is 0 Å². The smallest absolute Gasteiger partial charge is 0.412 e. The first-order valence-electron chi connectivity index (χ1n) is 0. The van der Waals surface area contributed by atoms with E-state index in [2.05, 4.69) is 0 Å². The van der Waals surface area contributed by atoms with Crippen molar-refractivity contribution in [2.24, 2.45) is 0 Å². The van der Waals surface area contributed by atoms with E-state index in [9.17, 15) is 0 Å². The fourth-order valence-electron chi connectivity index (χ4n) is 0. The third-order valence-corrected chi connectivity index (χ3v) is 0. The van der Waals surface area contributed by atoms with E-state index in [1.807, 2.05) is 0 Å². The van der Waals surface area contributed by atoms with Crippen LogP contribution in [-0.4, -0.2) is 38.3 Å². The average molecular weight is 289 g/mol. The fraction of sp³-hybridized carbons (Fsp3) is 0. The van der Waals surface area contributed by atoms with Crippen LogP contribution in [0.25, 0.3) is 0 Å². The maximum absolute atomic E-state index is 0. The van der Waals surface area contributed by atoms with E-state index in [0.717, 1.165) is 0 Å². The molecule has 0 saturated heterocycles. The molecule has 0 fully saturated rings. The Hall–Kier alpha value is 2.84. The third kappa shape index (κ3) is 19.9.